The third-order valence-electron chi connectivity index (χ3n) is 10.1. The van der Waals surface area contributed by atoms with Crippen molar-refractivity contribution in [2.45, 2.75) is 6.42 Å². The highest BCUT2D eigenvalue weighted by molar-refractivity contribution is 6.10. The van der Waals surface area contributed by atoms with Gasteiger partial charge in [-0.1, -0.05) is 115 Å². The summed E-state index contributed by atoms with van der Waals surface area (Å²) in [4.78, 5) is 14.7. The molecular formula is C47H29N5. The van der Waals surface area contributed by atoms with Crippen molar-refractivity contribution in [1.29, 1.82) is 5.26 Å². The van der Waals surface area contributed by atoms with Crippen LogP contribution in [-0.2, 0) is 6.42 Å². The van der Waals surface area contributed by atoms with Gasteiger partial charge in [-0.05, 0) is 88.3 Å². The molecular weight excluding hydrogens is 635 g/mol. The Morgan fingerprint density at radius 2 is 1.06 bits per heavy atom. The number of aromatic nitrogens is 4. The van der Waals surface area contributed by atoms with E-state index in [9.17, 15) is 5.26 Å². The van der Waals surface area contributed by atoms with Crippen LogP contribution in [-0.4, -0.2) is 19.5 Å². The minimum atomic E-state index is 0.612. The van der Waals surface area contributed by atoms with Crippen LogP contribution in [0.3, 0.4) is 0 Å². The Morgan fingerprint density at radius 3 is 1.75 bits per heavy atom. The van der Waals surface area contributed by atoms with E-state index in [0.29, 0.717) is 23.0 Å². The third kappa shape index (κ3) is 4.89. The standard InChI is InChI=1S/C47H29N5/c48-29-30-18-25-43-42(26-30)40-24-21-35(38-16-9-17-39-37-15-8-7-14-34(37)27-41(38)39)28-44(40)52(43)36-22-19-33(20-23-36)47-50-45(31-10-3-1-4-11-31)49-46(51-47)32-12-5-2-6-13-32/h1-26,28H,27H2. The third-order valence-corrected chi connectivity index (χ3v) is 10.1. The average Bonchev–Trinajstić information content (AvgIpc) is 3.76. The van der Waals surface area contributed by atoms with E-state index >= 15 is 0 Å². The number of hydrogen-bond acceptors (Lipinski definition) is 4. The fraction of sp³-hybridized carbons (Fsp3) is 0.0213. The first-order valence-electron chi connectivity index (χ1n) is 17.4. The van der Waals surface area contributed by atoms with Crippen LogP contribution in [0, 0.1) is 11.3 Å². The van der Waals surface area contributed by atoms with Gasteiger partial charge in [-0.25, -0.2) is 15.0 Å². The first-order chi connectivity index (χ1) is 25.7. The highest BCUT2D eigenvalue weighted by Gasteiger charge is 2.22. The van der Waals surface area contributed by atoms with Crippen molar-refractivity contribution in [3.63, 3.8) is 0 Å². The smallest absolute Gasteiger partial charge is 0.164 e. The summed E-state index contributed by atoms with van der Waals surface area (Å²) in [7, 11) is 0. The van der Waals surface area contributed by atoms with Crippen LogP contribution in [0.25, 0.3) is 83.9 Å². The summed E-state index contributed by atoms with van der Waals surface area (Å²) in [5.41, 5.74) is 14.3. The van der Waals surface area contributed by atoms with E-state index in [-0.39, 0.29) is 0 Å². The molecule has 7 aromatic carbocycles. The number of hydrogen-bond donors (Lipinski definition) is 0. The fourth-order valence-electron chi connectivity index (χ4n) is 7.66. The lowest BCUT2D eigenvalue weighted by molar-refractivity contribution is 1.07. The number of benzene rings is 7. The normalized spacial score (nSPS) is 11.8. The lowest BCUT2D eigenvalue weighted by Gasteiger charge is -2.12. The van der Waals surface area contributed by atoms with Gasteiger partial charge in [0.15, 0.2) is 17.5 Å². The van der Waals surface area contributed by atoms with Crippen LogP contribution in [0.5, 0.6) is 0 Å². The van der Waals surface area contributed by atoms with Crippen LogP contribution >= 0.6 is 0 Å². The van der Waals surface area contributed by atoms with E-state index in [1.54, 1.807) is 0 Å². The van der Waals surface area contributed by atoms with Gasteiger partial charge in [0.2, 0.25) is 0 Å². The molecule has 5 heteroatoms. The predicted molar refractivity (Wildman–Crippen MR) is 209 cm³/mol. The molecule has 0 unspecified atom stereocenters. The molecule has 2 heterocycles. The Morgan fingerprint density at radius 1 is 0.462 bits per heavy atom. The van der Waals surface area contributed by atoms with Gasteiger partial charge < -0.3 is 4.57 Å². The average molecular weight is 664 g/mol. The maximum absolute atomic E-state index is 9.80. The Kier molecular flexibility index (Phi) is 6.87. The summed E-state index contributed by atoms with van der Waals surface area (Å²) in [5, 5.41) is 12.0. The molecule has 52 heavy (non-hydrogen) atoms. The Hall–Kier alpha value is -7.16. The monoisotopic (exact) mass is 663 g/mol. The number of fused-ring (bicyclic) bond motifs is 6. The van der Waals surface area contributed by atoms with Crippen molar-refractivity contribution < 1.29 is 0 Å². The minimum Gasteiger partial charge on any atom is -0.309 e. The molecule has 0 amide bonds. The lowest BCUT2D eigenvalue weighted by atomic mass is 9.95. The quantitative estimate of drug-likeness (QED) is 0.184. The van der Waals surface area contributed by atoms with E-state index in [2.05, 4.69) is 102 Å². The molecule has 1 aliphatic rings. The van der Waals surface area contributed by atoms with Crippen LogP contribution in [0.4, 0.5) is 0 Å². The summed E-state index contributed by atoms with van der Waals surface area (Å²) in [5.74, 6) is 1.88. The van der Waals surface area contributed by atoms with Crippen LogP contribution in [0.2, 0.25) is 0 Å². The van der Waals surface area contributed by atoms with Gasteiger partial charge in [-0.3, -0.25) is 0 Å². The SMILES string of the molecule is N#Cc1ccc2c(c1)c1ccc(-c3cccc4c3Cc3ccccc3-4)cc1n2-c1ccc(-c2nc(-c3ccccc3)nc(-c3ccccc3)n2)cc1. The molecule has 1 aliphatic carbocycles. The first-order valence-corrected chi connectivity index (χ1v) is 17.4. The largest absolute Gasteiger partial charge is 0.309 e. The molecule has 0 atom stereocenters. The summed E-state index contributed by atoms with van der Waals surface area (Å²) in [6, 6.07) is 58.9. The highest BCUT2D eigenvalue weighted by atomic mass is 15.0. The summed E-state index contributed by atoms with van der Waals surface area (Å²) < 4.78 is 2.30. The second-order valence-corrected chi connectivity index (χ2v) is 13.2. The molecule has 2 aromatic heterocycles. The van der Waals surface area contributed by atoms with Gasteiger partial charge >= 0.3 is 0 Å². The van der Waals surface area contributed by atoms with Crippen molar-refractivity contribution in [3.05, 3.63) is 180 Å². The van der Waals surface area contributed by atoms with Crippen molar-refractivity contribution in [3.8, 4) is 68.2 Å². The van der Waals surface area contributed by atoms with E-state index in [4.69, 9.17) is 15.0 Å². The Labute approximate surface area is 300 Å². The molecule has 0 fully saturated rings. The van der Waals surface area contributed by atoms with E-state index < -0.39 is 0 Å². The second-order valence-electron chi connectivity index (χ2n) is 13.2. The van der Waals surface area contributed by atoms with Crippen LogP contribution in [0.15, 0.2) is 164 Å². The van der Waals surface area contributed by atoms with Gasteiger partial charge in [0.05, 0.1) is 22.7 Å². The van der Waals surface area contributed by atoms with Crippen molar-refractivity contribution >= 4 is 21.8 Å². The predicted octanol–water partition coefficient (Wildman–Crippen LogP) is 11.1. The lowest BCUT2D eigenvalue weighted by Crippen LogP contribution is -2.00. The second kappa shape index (κ2) is 12.0. The van der Waals surface area contributed by atoms with Gasteiger partial charge in [0, 0.05) is 33.2 Å². The molecule has 0 aliphatic heterocycles. The van der Waals surface area contributed by atoms with Crippen molar-refractivity contribution in [2.75, 3.05) is 0 Å². The molecule has 9 aromatic rings. The van der Waals surface area contributed by atoms with Gasteiger partial charge in [-0.15, -0.1) is 0 Å². The van der Waals surface area contributed by atoms with Gasteiger partial charge in [-0.2, -0.15) is 5.26 Å². The van der Waals surface area contributed by atoms with E-state index in [0.717, 1.165) is 50.6 Å². The molecule has 0 spiro atoms. The van der Waals surface area contributed by atoms with Crippen LogP contribution in [0.1, 0.15) is 16.7 Å². The molecule has 10 rings (SSSR count). The number of rotatable bonds is 5. The molecule has 0 saturated heterocycles. The molecule has 0 N–H and O–H groups in total. The number of nitriles is 1. The molecule has 0 radical (unpaired) electrons. The molecule has 5 nitrogen and oxygen atoms in total. The summed E-state index contributed by atoms with van der Waals surface area (Å²) in [6.07, 6.45) is 0.921. The van der Waals surface area contributed by atoms with Crippen molar-refractivity contribution in [1.82, 2.24) is 19.5 Å². The number of nitrogens with zero attached hydrogens (tertiary/aromatic N) is 5. The maximum atomic E-state index is 9.80. The van der Waals surface area contributed by atoms with E-state index in [1.165, 1.54) is 33.4 Å². The fourth-order valence-corrected chi connectivity index (χ4v) is 7.66. The summed E-state index contributed by atoms with van der Waals surface area (Å²) >= 11 is 0. The van der Waals surface area contributed by atoms with Crippen molar-refractivity contribution in [2.24, 2.45) is 0 Å². The molecule has 0 saturated carbocycles. The van der Waals surface area contributed by atoms with E-state index in [1.807, 2.05) is 72.8 Å². The zero-order chi connectivity index (χ0) is 34.6. The van der Waals surface area contributed by atoms with Gasteiger partial charge in [0.1, 0.15) is 0 Å². The zero-order valence-electron chi connectivity index (χ0n) is 28.0. The Bertz CT molecular complexity index is 2810. The topological polar surface area (TPSA) is 67.4 Å². The minimum absolute atomic E-state index is 0.612. The molecule has 242 valence electrons. The Balaban J connectivity index is 1.12. The van der Waals surface area contributed by atoms with Crippen LogP contribution < -0.4 is 0 Å². The van der Waals surface area contributed by atoms with Gasteiger partial charge in [0.25, 0.3) is 0 Å². The summed E-state index contributed by atoms with van der Waals surface area (Å²) in [6.45, 7) is 0. The first kappa shape index (κ1) is 29.7. The zero-order valence-corrected chi connectivity index (χ0v) is 28.0. The maximum Gasteiger partial charge on any atom is 0.164 e. The molecule has 0 bridgehead atoms. The highest BCUT2D eigenvalue weighted by Crippen LogP contribution is 2.43.